The first kappa shape index (κ1) is 27.8. The summed E-state index contributed by atoms with van der Waals surface area (Å²) in [6.07, 6.45) is -0.948. The Morgan fingerprint density at radius 2 is 1.16 bits per heavy atom. The molecule has 6 rings (SSSR count). The number of carbonyl (C=O) groups is 2. The first-order chi connectivity index (χ1) is 18.5. The normalized spacial score (nSPS) is 16.5. The predicted molar refractivity (Wildman–Crippen MR) is 137 cm³/mol. The molecule has 3 aromatic rings. The van der Waals surface area contributed by atoms with Gasteiger partial charge in [-0.15, -0.1) is 9.18 Å². The molecule has 3 aromatic carbocycles. The molecule has 0 bridgehead atoms. The van der Waals surface area contributed by atoms with E-state index in [-0.39, 0.29) is 37.3 Å². The molecule has 0 spiro atoms. The third kappa shape index (κ3) is 5.90. The van der Waals surface area contributed by atoms with E-state index in [4.69, 9.17) is 15.5 Å². The van der Waals surface area contributed by atoms with Crippen LogP contribution in [0.25, 0.3) is 0 Å². The lowest BCUT2D eigenvalue weighted by Crippen LogP contribution is -1.97. The van der Waals surface area contributed by atoms with Crippen LogP contribution >= 0.6 is 9.18 Å². The van der Waals surface area contributed by atoms with Gasteiger partial charge in [-0.2, -0.15) is 0 Å². The Kier molecular flexibility index (Phi) is 9.15. The van der Waals surface area contributed by atoms with E-state index in [9.17, 15) is 27.9 Å². The van der Waals surface area contributed by atoms with Crippen molar-refractivity contribution in [3.05, 3.63) is 104 Å². The van der Waals surface area contributed by atoms with Crippen LogP contribution in [0.4, 0.5) is 13.2 Å². The van der Waals surface area contributed by atoms with E-state index < -0.39 is 18.2 Å². The van der Waals surface area contributed by atoms with Crippen molar-refractivity contribution in [1.82, 2.24) is 0 Å². The first-order valence-corrected chi connectivity index (χ1v) is 12.6. The maximum absolute atomic E-state index is 13.1. The molecule has 2 atom stereocenters. The van der Waals surface area contributed by atoms with E-state index in [1.54, 1.807) is 32.0 Å². The molecular weight excluding hydrogens is 520 g/mol. The van der Waals surface area contributed by atoms with Gasteiger partial charge in [-0.3, -0.25) is 0 Å². The Morgan fingerprint density at radius 3 is 1.55 bits per heavy atom. The van der Waals surface area contributed by atoms with Gasteiger partial charge in [0.15, 0.2) is 6.29 Å². The monoisotopic (exact) mass is 549 g/mol. The van der Waals surface area contributed by atoms with Gasteiger partial charge in [0.25, 0.3) is 0 Å². The predicted octanol–water partition coefficient (Wildman–Crippen LogP) is 5.76. The van der Waals surface area contributed by atoms with Crippen molar-refractivity contribution < 1.29 is 42.1 Å². The fourth-order valence-corrected chi connectivity index (χ4v) is 4.24. The van der Waals surface area contributed by atoms with Crippen molar-refractivity contribution in [3.63, 3.8) is 0 Å². The molecule has 0 amide bonds. The van der Waals surface area contributed by atoms with Crippen LogP contribution in [-0.4, -0.2) is 25.0 Å². The summed E-state index contributed by atoms with van der Waals surface area (Å²) in [7, 11) is 0.333. The van der Waals surface area contributed by atoms with Gasteiger partial charge in [-0.1, -0.05) is 24.9 Å². The minimum atomic E-state index is -0.948. The number of hydrogen-bond acceptors (Lipinski definition) is 6. The summed E-state index contributed by atoms with van der Waals surface area (Å²) >= 11 is 0. The molecule has 202 valence electrons. The van der Waals surface area contributed by atoms with Crippen LogP contribution in [-0.2, 0) is 34.0 Å². The van der Waals surface area contributed by atoms with Crippen molar-refractivity contribution in [1.29, 1.82) is 1.28 Å². The summed E-state index contributed by atoms with van der Waals surface area (Å²) in [5.41, 5.74) is 5.07. The van der Waals surface area contributed by atoms with Crippen LogP contribution in [0.15, 0.2) is 36.4 Å². The van der Waals surface area contributed by atoms with Crippen LogP contribution < -0.4 is 0 Å². The third-order valence-electron chi connectivity index (χ3n) is 6.18. The van der Waals surface area contributed by atoms with Gasteiger partial charge in [0.2, 0.25) is 0 Å². The third-order valence-corrected chi connectivity index (χ3v) is 6.18. The zero-order valence-corrected chi connectivity index (χ0v) is 22.3. The number of carbonyl (C=O) groups excluding carboxylic acids is 2. The minimum Gasteiger partial charge on any atom is -0.457 e. The van der Waals surface area contributed by atoms with Gasteiger partial charge in [0.05, 0.1) is 19.0 Å². The van der Waals surface area contributed by atoms with Crippen LogP contribution in [0, 0.1) is 38.2 Å². The Hall–Kier alpha value is -3.26. The zero-order chi connectivity index (χ0) is 28.9. The SMILES string of the molecule is Cc1ccc(F)c2c1C(=O)OC2.Cc1ccc(F)c2c1C(=O)OC2.Cc1ccc(F)c2c1C(O)OC2.[2H]PC. The van der Waals surface area contributed by atoms with Gasteiger partial charge in [-0.05, 0) is 55.7 Å². The second-order valence-corrected chi connectivity index (χ2v) is 8.51. The second-order valence-electron chi connectivity index (χ2n) is 8.51. The molecule has 10 heteroatoms. The van der Waals surface area contributed by atoms with E-state index in [0.717, 1.165) is 16.7 Å². The summed E-state index contributed by atoms with van der Waals surface area (Å²) in [4.78, 5) is 22.1. The number of hydrogen-bond donors (Lipinski definition) is 1. The lowest BCUT2D eigenvalue weighted by atomic mass is 10.0. The molecule has 0 fully saturated rings. The van der Waals surface area contributed by atoms with E-state index >= 15 is 0 Å². The number of esters is 2. The Balaban J connectivity index is 0.000000154. The van der Waals surface area contributed by atoms with E-state index in [1.165, 1.54) is 18.2 Å². The fraction of sp³-hybridized carbons (Fsp3) is 0.286. The summed E-state index contributed by atoms with van der Waals surface area (Å²) in [6.45, 7) is 7.50. The number of halogens is 3. The Bertz CT molecular complexity index is 1330. The number of benzene rings is 3. The number of aliphatic hydroxyl groups is 1. The van der Waals surface area contributed by atoms with Crippen molar-refractivity contribution in [2.45, 2.75) is 46.9 Å². The lowest BCUT2D eigenvalue weighted by molar-refractivity contribution is -0.0922. The Labute approximate surface area is 222 Å². The van der Waals surface area contributed by atoms with Crippen LogP contribution in [0.2, 0.25) is 0 Å². The molecule has 0 aliphatic carbocycles. The summed E-state index contributed by atoms with van der Waals surface area (Å²) < 4.78 is 59.6. The highest BCUT2D eigenvalue weighted by Crippen LogP contribution is 2.32. The molecule has 6 nitrogen and oxygen atoms in total. The summed E-state index contributed by atoms with van der Waals surface area (Å²) in [6, 6.07) is 8.93. The van der Waals surface area contributed by atoms with Gasteiger partial charge in [-0.25, -0.2) is 22.8 Å². The van der Waals surface area contributed by atoms with Crippen LogP contribution in [0.5, 0.6) is 0 Å². The van der Waals surface area contributed by atoms with Crippen molar-refractivity contribution in [2.75, 3.05) is 6.66 Å². The second kappa shape index (κ2) is 12.5. The van der Waals surface area contributed by atoms with E-state index in [2.05, 4.69) is 0 Å². The topological polar surface area (TPSA) is 82.1 Å². The maximum Gasteiger partial charge on any atom is 0.339 e. The maximum atomic E-state index is 13.1. The van der Waals surface area contributed by atoms with Crippen molar-refractivity contribution in [2.24, 2.45) is 0 Å². The average Bonchev–Trinajstić information content (AvgIpc) is 3.61. The zero-order valence-electron chi connectivity index (χ0n) is 22.3. The number of aliphatic hydroxyl groups excluding tert-OH is 1. The first-order valence-electron chi connectivity index (χ1n) is 12.1. The van der Waals surface area contributed by atoms with Crippen LogP contribution in [0.1, 0.15) is 66.0 Å². The largest absolute Gasteiger partial charge is 0.457 e. The molecule has 0 saturated carbocycles. The number of cyclic esters (lactones) is 2. The van der Waals surface area contributed by atoms with Gasteiger partial charge >= 0.3 is 11.9 Å². The molecule has 0 aromatic heterocycles. The summed E-state index contributed by atoms with van der Waals surface area (Å²) in [5, 5.41) is 9.30. The highest BCUT2D eigenvalue weighted by atomic mass is 31.0. The molecule has 38 heavy (non-hydrogen) atoms. The molecular formula is C28H28F3O6P. The van der Waals surface area contributed by atoms with Crippen molar-refractivity contribution >= 4 is 21.1 Å². The van der Waals surface area contributed by atoms with Crippen LogP contribution in [0.3, 0.4) is 0 Å². The average molecular weight is 550 g/mol. The molecule has 1 N–H and O–H groups in total. The molecule has 3 heterocycles. The molecule has 0 saturated heterocycles. The fourth-order valence-electron chi connectivity index (χ4n) is 4.24. The number of rotatable bonds is 0. The highest BCUT2D eigenvalue weighted by molar-refractivity contribution is 7.15. The van der Waals surface area contributed by atoms with Gasteiger partial charge < -0.3 is 19.3 Å². The van der Waals surface area contributed by atoms with E-state index in [1.807, 2.05) is 13.6 Å². The molecule has 0 radical (unpaired) electrons. The minimum absolute atomic E-state index is 0.0711. The molecule has 2 unspecified atom stereocenters. The smallest absolute Gasteiger partial charge is 0.339 e. The molecule has 3 aliphatic rings. The van der Waals surface area contributed by atoms with E-state index in [0.29, 0.717) is 42.6 Å². The number of aryl methyl sites for hydroxylation is 3. The summed E-state index contributed by atoms with van der Waals surface area (Å²) in [5.74, 6) is -1.85. The Morgan fingerprint density at radius 1 is 0.763 bits per heavy atom. The van der Waals surface area contributed by atoms with Gasteiger partial charge in [0, 0.05) is 22.3 Å². The quantitative estimate of drug-likeness (QED) is 0.284. The van der Waals surface area contributed by atoms with Crippen molar-refractivity contribution in [3.8, 4) is 0 Å². The standard InChI is InChI=1S/C9H9FO2.2C9H7FO2.CH5P/c3*1-5-2-3-7(10)6-4-12-9(11)8(5)6;1-2/h2-3,9,11H,4H2,1H3;2*2-3H,4H2,1H3;2H2,1H3/i;;;2D. The number of fused-ring (bicyclic) bond motifs is 3. The highest BCUT2D eigenvalue weighted by Gasteiger charge is 2.27. The molecule has 3 aliphatic heterocycles. The number of ether oxygens (including phenoxy) is 3. The lowest BCUT2D eigenvalue weighted by Gasteiger charge is -2.05. The van der Waals surface area contributed by atoms with Gasteiger partial charge in [0.1, 0.15) is 30.7 Å².